The van der Waals surface area contributed by atoms with Crippen molar-refractivity contribution in [2.24, 2.45) is 22.6 Å². The van der Waals surface area contributed by atoms with Gasteiger partial charge in [-0.25, -0.2) is 0 Å². The van der Waals surface area contributed by atoms with Crippen LogP contribution in [0.4, 0.5) is 5.69 Å². The van der Waals surface area contributed by atoms with E-state index in [9.17, 15) is 4.79 Å². The second kappa shape index (κ2) is 14.7. The van der Waals surface area contributed by atoms with Crippen molar-refractivity contribution in [1.82, 2.24) is 5.32 Å². The number of hydrogen-bond donors (Lipinski definition) is 3. The van der Waals surface area contributed by atoms with E-state index in [1.54, 1.807) is 14.2 Å². The van der Waals surface area contributed by atoms with Crippen molar-refractivity contribution in [1.29, 1.82) is 0 Å². The molecule has 1 amide bonds. The van der Waals surface area contributed by atoms with E-state index in [0.717, 1.165) is 43.9 Å². The third kappa shape index (κ3) is 8.82. The number of carbonyl (C=O) groups is 1. The first-order chi connectivity index (χ1) is 16.0. The van der Waals surface area contributed by atoms with Crippen molar-refractivity contribution in [2.45, 2.75) is 64.3 Å². The Morgan fingerprint density at radius 3 is 2.55 bits per heavy atom. The van der Waals surface area contributed by atoms with Gasteiger partial charge in [0.15, 0.2) is 0 Å². The number of rotatable bonds is 13. The van der Waals surface area contributed by atoms with Gasteiger partial charge in [-0.3, -0.25) is 20.1 Å². The maximum atomic E-state index is 12.7. The predicted octanol–water partition coefficient (Wildman–Crippen LogP) is 4.91. The summed E-state index contributed by atoms with van der Waals surface area (Å²) in [5.41, 5.74) is 11.0. The van der Waals surface area contributed by atoms with Gasteiger partial charge in [0.05, 0.1) is 18.3 Å². The predicted molar refractivity (Wildman–Crippen MR) is 140 cm³/mol. The molecule has 0 radical (unpaired) electrons. The van der Waals surface area contributed by atoms with Crippen LogP contribution in [0.5, 0.6) is 0 Å². The summed E-state index contributed by atoms with van der Waals surface area (Å²) in [4.78, 5) is 22.6. The minimum atomic E-state index is -0.225. The second-order valence-corrected chi connectivity index (χ2v) is 8.99. The van der Waals surface area contributed by atoms with Gasteiger partial charge in [-0.1, -0.05) is 38.8 Å². The van der Waals surface area contributed by atoms with Crippen molar-refractivity contribution in [3.63, 3.8) is 0 Å². The summed E-state index contributed by atoms with van der Waals surface area (Å²) in [5.74, 6) is 1.38. The Labute approximate surface area is 202 Å². The van der Waals surface area contributed by atoms with Crippen molar-refractivity contribution >= 4 is 17.3 Å². The average molecular weight is 463 g/mol. The van der Waals surface area contributed by atoms with Gasteiger partial charge in [0, 0.05) is 23.6 Å². The first kappa shape index (κ1) is 26.9. The van der Waals surface area contributed by atoms with Crippen LogP contribution in [0.2, 0.25) is 0 Å². The smallest absolute Gasteiger partial charge is 0.269 e. The second-order valence-electron chi connectivity index (χ2n) is 8.99. The summed E-state index contributed by atoms with van der Waals surface area (Å²) in [6.07, 6.45) is 9.45. The quantitative estimate of drug-likeness (QED) is 0.286. The molecule has 7 nitrogen and oxygen atoms in total. The summed E-state index contributed by atoms with van der Waals surface area (Å²) in [6, 6.07) is 8.25. The first-order valence-electron chi connectivity index (χ1n) is 12.1. The van der Waals surface area contributed by atoms with Crippen LogP contribution in [0.1, 0.15) is 66.7 Å². The molecule has 1 fully saturated rings. The third-order valence-corrected chi connectivity index (χ3v) is 6.67. The molecule has 0 heterocycles. The van der Waals surface area contributed by atoms with Gasteiger partial charge in [-0.05, 0) is 73.4 Å². The lowest BCUT2D eigenvalue weighted by Crippen LogP contribution is -2.47. The lowest BCUT2D eigenvalue weighted by Gasteiger charge is -2.33. The molecule has 2 atom stereocenters. The molecule has 188 valence electrons. The molecule has 0 aliphatic heterocycles. The highest BCUT2D eigenvalue weighted by atomic mass is 16.6. The fourth-order valence-electron chi connectivity index (χ4n) is 4.47. The fraction of sp³-hybridized carbons (Fsp3) is 0.615. The zero-order valence-corrected chi connectivity index (χ0v) is 20.7. The van der Waals surface area contributed by atoms with Crippen molar-refractivity contribution < 1.29 is 17.2 Å². The molecule has 0 bridgehead atoms. The molecule has 1 unspecified atom stereocenters. The van der Waals surface area contributed by atoms with E-state index in [1.165, 1.54) is 30.7 Å². The largest absolute Gasteiger partial charge is 0.405 e. The number of ether oxygens (including phenoxy) is 1. The number of methoxy groups -OCH3 is 1. The van der Waals surface area contributed by atoms with Crippen LogP contribution in [-0.2, 0) is 14.4 Å². The maximum Gasteiger partial charge on any atom is 0.269 e. The Balaban J connectivity index is 0.00000578. The highest BCUT2D eigenvalue weighted by Gasteiger charge is 2.28. The van der Waals surface area contributed by atoms with Crippen LogP contribution in [0.15, 0.2) is 41.5 Å². The Bertz CT molecular complexity index is 766. The Kier molecular flexibility index (Phi) is 12.0. The summed E-state index contributed by atoms with van der Waals surface area (Å²) in [7, 11) is 3.33. The van der Waals surface area contributed by atoms with Gasteiger partial charge >= 0.3 is 0 Å². The monoisotopic (exact) mass is 462 g/mol. The van der Waals surface area contributed by atoms with Gasteiger partial charge in [0.25, 0.3) is 5.91 Å². The number of carbonyl (C=O) groups excluding carboxylic acids is 1. The summed E-state index contributed by atoms with van der Waals surface area (Å²) in [5, 5.41) is 3.12. The number of hydrogen-bond acceptors (Lipinski definition) is 6. The third-order valence-electron chi connectivity index (χ3n) is 6.67. The van der Waals surface area contributed by atoms with E-state index in [1.807, 2.05) is 12.1 Å². The first-order valence-corrected chi connectivity index (χ1v) is 12.1. The molecule has 0 aromatic heterocycles. The van der Waals surface area contributed by atoms with Crippen LogP contribution >= 0.6 is 0 Å². The van der Waals surface area contributed by atoms with Gasteiger partial charge in [0.1, 0.15) is 5.71 Å². The molecular weight excluding hydrogens is 416 g/mol. The van der Waals surface area contributed by atoms with E-state index in [4.69, 9.17) is 15.3 Å². The van der Waals surface area contributed by atoms with Crippen molar-refractivity contribution in [2.75, 3.05) is 32.9 Å². The summed E-state index contributed by atoms with van der Waals surface area (Å²) >= 11 is 0. The Morgan fingerprint density at radius 1 is 1.27 bits per heavy atom. The number of nitrogens with two attached hydrogens (primary N) is 1. The molecule has 1 aromatic carbocycles. The molecule has 1 aromatic rings. The molecule has 1 saturated carbocycles. The lowest BCUT2D eigenvalue weighted by atomic mass is 9.79. The van der Waals surface area contributed by atoms with Gasteiger partial charge in [0.2, 0.25) is 0 Å². The Hall–Kier alpha value is -2.38. The topological polar surface area (TPSA) is 98.0 Å². The van der Waals surface area contributed by atoms with E-state index < -0.39 is 0 Å². The molecule has 4 N–H and O–H groups in total. The standard InChI is InChI=1S/C26H42N4O3.2H2/c1-5-20(15-17-32-4)21-10-12-23(13-11-21)30-33-18-25(22-8-6-19(2)7-9-22)29-26(31)24(28-3)14-16-27;;/h10-14,16,19-20,22,25,30H,5-9,15,17-18,27H2,1-4H3,(H,29,31);2*1H/b16-14-,28-24?;;/t19?,20?,22?,25-;;/m1../s1. The molecular formula is C26H46N4O3. The van der Waals surface area contributed by atoms with Crippen molar-refractivity contribution in [3.05, 3.63) is 42.1 Å². The summed E-state index contributed by atoms with van der Waals surface area (Å²) < 4.78 is 5.23. The number of anilines is 1. The van der Waals surface area contributed by atoms with Gasteiger partial charge in [-0.2, -0.15) is 0 Å². The average Bonchev–Trinajstić information content (AvgIpc) is 2.83. The fourth-order valence-corrected chi connectivity index (χ4v) is 4.47. The number of amides is 1. The molecule has 0 spiro atoms. The van der Waals surface area contributed by atoms with Crippen LogP contribution in [0, 0.1) is 11.8 Å². The molecule has 33 heavy (non-hydrogen) atoms. The van der Waals surface area contributed by atoms with Crippen LogP contribution < -0.4 is 16.5 Å². The van der Waals surface area contributed by atoms with E-state index in [-0.39, 0.29) is 14.8 Å². The van der Waals surface area contributed by atoms with E-state index >= 15 is 0 Å². The molecule has 2 rings (SSSR count). The number of nitrogens with one attached hydrogen (secondary N) is 2. The highest BCUT2D eigenvalue weighted by Crippen LogP contribution is 2.31. The maximum absolute atomic E-state index is 12.7. The minimum Gasteiger partial charge on any atom is -0.405 e. The van der Waals surface area contributed by atoms with Gasteiger partial charge < -0.3 is 15.8 Å². The molecule has 0 saturated heterocycles. The van der Waals surface area contributed by atoms with E-state index in [2.05, 4.69) is 41.8 Å². The number of nitrogens with zero attached hydrogens (tertiary/aromatic N) is 1. The zero-order chi connectivity index (χ0) is 24.1. The molecule has 7 heteroatoms. The van der Waals surface area contributed by atoms with Crippen LogP contribution in [0.25, 0.3) is 0 Å². The van der Waals surface area contributed by atoms with E-state index in [0.29, 0.717) is 24.2 Å². The van der Waals surface area contributed by atoms with Crippen molar-refractivity contribution in [3.8, 4) is 0 Å². The number of benzene rings is 1. The van der Waals surface area contributed by atoms with Gasteiger partial charge in [-0.15, -0.1) is 0 Å². The number of aliphatic imine (C=N–C) groups is 1. The minimum absolute atomic E-state index is 0. The SMILES string of the molecule is CCC(CCOC)c1ccc(NOC[C@@H](NC(=O)C(/C=C\N)=NC)C2CCC(C)CC2)cc1.[HH].[HH]. The lowest BCUT2D eigenvalue weighted by molar-refractivity contribution is -0.116. The molecule has 1 aliphatic rings. The Morgan fingerprint density at radius 2 is 1.97 bits per heavy atom. The van der Waals surface area contributed by atoms with Crippen LogP contribution in [0.3, 0.4) is 0 Å². The van der Waals surface area contributed by atoms with Crippen LogP contribution in [-0.4, -0.2) is 45.0 Å². The summed E-state index contributed by atoms with van der Waals surface area (Å²) in [6.45, 7) is 5.63. The zero-order valence-electron chi connectivity index (χ0n) is 20.7. The molecule has 1 aliphatic carbocycles. The highest BCUT2D eigenvalue weighted by molar-refractivity contribution is 6.43. The normalized spacial score (nSPS) is 21.0.